The maximum absolute atomic E-state index is 13.4. The third-order valence-electron chi connectivity index (χ3n) is 7.05. The number of carboxylic acids is 1. The quantitative estimate of drug-likeness (QED) is 0.204. The van der Waals surface area contributed by atoms with Crippen LogP contribution in [0.4, 0.5) is 4.79 Å². The van der Waals surface area contributed by atoms with Gasteiger partial charge in [-0.1, -0.05) is 109 Å². The number of carbonyl (C=O) groups excluding carboxylic acids is 3. The Labute approximate surface area is 236 Å². The predicted octanol–water partition coefficient (Wildman–Crippen LogP) is 3.96. The summed E-state index contributed by atoms with van der Waals surface area (Å²) in [5.41, 5.74) is 10.1. The lowest BCUT2D eigenvalue weighted by atomic mass is 9.84. The van der Waals surface area contributed by atoms with Crippen LogP contribution < -0.4 is 16.2 Å². The van der Waals surface area contributed by atoms with E-state index in [1.54, 1.807) is 60.7 Å². The molecule has 5 rings (SSSR count). The molecule has 3 amide bonds. The average Bonchev–Trinajstić information content (AvgIpc) is 3.33. The summed E-state index contributed by atoms with van der Waals surface area (Å²) in [5.74, 6) is -4.86. The fraction of sp³-hybridized carbons (Fsp3) is 0.125. The molecule has 4 aromatic carbocycles. The van der Waals surface area contributed by atoms with Crippen LogP contribution in [0.15, 0.2) is 109 Å². The Morgan fingerprint density at radius 2 is 1.17 bits per heavy atom. The van der Waals surface area contributed by atoms with Crippen LogP contribution in [0, 0.1) is 0 Å². The summed E-state index contributed by atoms with van der Waals surface area (Å²) in [5, 5.41) is 11.5. The molecule has 0 aromatic heterocycles. The molecule has 0 heterocycles. The van der Waals surface area contributed by atoms with E-state index in [0.29, 0.717) is 11.1 Å². The van der Waals surface area contributed by atoms with Crippen molar-refractivity contribution in [3.05, 3.63) is 131 Å². The van der Waals surface area contributed by atoms with Crippen molar-refractivity contribution in [2.24, 2.45) is 0 Å². The molecule has 0 saturated heterocycles. The van der Waals surface area contributed by atoms with Gasteiger partial charge in [0.25, 0.3) is 5.91 Å². The second-order valence-corrected chi connectivity index (χ2v) is 9.50. The van der Waals surface area contributed by atoms with E-state index in [4.69, 9.17) is 4.74 Å². The zero-order chi connectivity index (χ0) is 28.8. The van der Waals surface area contributed by atoms with E-state index in [2.05, 4.69) is 16.2 Å². The molecule has 1 aliphatic rings. The van der Waals surface area contributed by atoms with Gasteiger partial charge in [-0.15, -0.1) is 0 Å². The third-order valence-corrected chi connectivity index (χ3v) is 7.05. The normalized spacial score (nSPS) is 12.5. The van der Waals surface area contributed by atoms with Crippen LogP contribution in [0.1, 0.15) is 34.1 Å². The second-order valence-electron chi connectivity index (χ2n) is 9.50. The van der Waals surface area contributed by atoms with Crippen LogP contribution in [-0.4, -0.2) is 41.6 Å². The first-order valence-electron chi connectivity index (χ1n) is 13.0. The Morgan fingerprint density at radius 3 is 1.68 bits per heavy atom. The Kier molecular flexibility index (Phi) is 8.05. The number of rotatable bonds is 7. The highest BCUT2D eigenvalue weighted by atomic mass is 16.6. The van der Waals surface area contributed by atoms with Crippen molar-refractivity contribution in [1.29, 1.82) is 0 Å². The van der Waals surface area contributed by atoms with Gasteiger partial charge in [0, 0.05) is 11.8 Å². The molecule has 41 heavy (non-hydrogen) atoms. The first-order valence-corrected chi connectivity index (χ1v) is 13.0. The van der Waals surface area contributed by atoms with Gasteiger partial charge >= 0.3 is 18.0 Å². The molecule has 4 N–H and O–H groups in total. The first-order chi connectivity index (χ1) is 19.9. The summed E-state index contributed by atoms with van der Waals surface area (Å²) in [6.45, 7) is 0.0333. The Balaban J connectivity index is 1.31. The lowest BCUT2D eigenvalue weighted by Gasteiger charge is -2.27. The molecule has 0 spiro atoms. The number of aliphatic carboxylic acids is 1. The highest BCUT2D eigenvalue weighted by molar-refractivity contribution is 6.32. The number of fused-ring (bicyclic) bond motifs is 3. The summed E-state index contributed by atoms with van der Waals surface area (Å²) in [7, 11) is 0. The molecule has 9 nitrogen and oxygen atoms in total. The molecule has 0 radical (unpaired) electrons. The van der Waals surface area contributed by atoms with Crippen LogP contribution in [0.2, 0.25) is 0 Å². The standard InChI is InChI=1S/C32H27N3O6/c36-29(28(33-30(37)31(38)39)27(20-11-3-1-4-12-20)21-13-5-2-6-14-21)34-35-32(40)41-19-26-24-17-9-7-15-22(24)23-16-8-10-18-25(23)26/h1-18,26-28H,19H2,(H,33,37)(H,34,36)(H,35,40)(H,38,39). The minimum atomic E-state index is -1.74. The molecule has 9 heteroatoms. The van der Waals surface area contributed by atoms with Crippen LogP contribution in [0.3, 0.4) is 0 Å². The molecular formula is C32H27N3O6. The summed E-state index contributed by atoms with van der Waals surface area (Å²) < 4.78 is 5.47. The number of benzene rings is 4. The molecular weight excluding hydrogens is 522 g/mol. The van der Waals surface area contributed by atoms with Crippen molar-refractivity contribution in [2.75, 3.05) is 6.61 Å². The van der Waals surface area contributed by atoms with Gasteiger partial charge in [-0.25, -0.2) is 15.0 Å². The topological polar surface area (TPSA) is 134 Å². The predicted molar refractivity (Wildman–Crippen MR) is 151 cm³/mol. The second kappa shape index (κ2) is 12.2. The molecule has 0 saturated carbocycles. The summed E-state index contributed by atoms with van der Waals surface area (Å²) in [4.78, 5) is 49.6. The van der Waals surface area contributed by atoms with Crippen molar-refractivity contribution in [3.63, 3.8) is 0 Å². The summed E-state index contributed by atoms with van der Waals surface area (Å²) >= 11 is 0. The average molecular weight is 550 g/mol. The van der Waals surface area contributed by atoms with Gasteiger partial charge in [-0.2, -0.15) is 0 Å². The Morgan fingerprint density at radius 1 is 0.683 bits per heavy atom. The number of hydrogen-bond donors (Lipinski definition) is 4. The van der Waals surface area contributed by atoms with Crippen molar-refractivity contribution in [1.82, 2.24) is 16.2 Å². The van der Waals surface area contributed by atoms with E-state index in [-0.39, 0.29) is 12.5 Å². The Bertz CT molecular complexity index is 1490. The van der Waals surface area contributed by atoms with E-state index < -0.39 is 35.8 Å². The maximum Gasteiger partial charge on any atom is 0.426 e. The molecule has 1 aliphatic carbocycles. The lowest BCUT2D eigenvalue weighted by Crippen LogP contribution is -2.55. The molecule has 0 bridgehead atoms. The fourth-order valence-electron chi connectivity index (χ4n) is 5.23. The zero-order valence-electron chi connectivity index (χ0n) is 21.8. The summed E-state index contributed by atoms with van der Waals surface area (Å²) in [6.07, 6.45) is -0.903. The first kappa shape index (κ1) is 27.1. The number of carboxylic acid groups (broad SMARTS) is 1. The van der Waals surface area contributed by atoms with Crippen molar-refractivity contribution in [2.45, 2.75) is 17.9 Å². The molecule has 0 fully saturated rings. The van der Waals surface area contributed by atoms with Crippen LogP contribution in [-0.2, 0) is 19.1 Å². The van der Waals surface area contributed by atoms with Gasteiger partial charge in [0.15, 0.2) is 0 Å². The largest absolute Gasteiger partial charge is 0.474 e. The van der Waals surface area contributed by atoms with Gasteiger partial charge in [0.1, 0.15) is 12.6 Å². The van der Waals surface area contributed by atoms with E-state index in [1.165, 1.54) is 0 Å². The maximum atomic E-state index is 13.4. The number of hydrogen-bond acceptors (Lipinski definition) is 5. The van der Waals surface area contributed by atoms with Crippen molar-refractivity contribution >= 4 is 23.9 Å². The summed E-state index contributed by atoms with van der Waals surface area (Å²) in [6, 6.07) is 32.2. The monoisotopic (exact) mass is 549 g/mol. The van der Waals surface area contributed by atoms with E-state index >= 15 is 0 Å². The van der Waals surface area contributed by atoms with E-state index in [0.717, 1.165) is 22.3 Å². The van der Waals surface area contributed by atoms with Gasteiger partial charge in [0.05, 0.1) is 0 Å². The van der Waals surface area contributed by atoms with Gasteiger partial charge in [-0.3, -0.25) is 15.0 Å². The van der Waals surface area contributed by atoms with Crippen molar-refractivity contribution in [3.8, 4) is 11.1 Å². The minimum Gasteiger partial charge on any atom is -0.474 e. The molecule has 4 aromatic rings. The number of carbonyl (C=O) groups is 4. The number of ether oxygens (including phenoxy) is 1. The smallest absolute Gasteiger partial charge is 0.426 e. The van der Waals surface area contributed by atoms with Gasteiger partial charge in [0.2, 0.25) is 0 Å². The van der Waals surface area contributed by atoms with Crippen LogP contribution in [0.25, 0.3) is 11.1 Å². The number of amides is 3. The van der Waals surface area contributed by atoms with E-state index in [1.807, 2.05) is 48.5 Å². The minimum absolute atomic E-state index is 0.0333. The van der Waals surface area contributed by atoms with Gasteiger partial charge in [-0.05, 0) is 33.4 Å². The molecule has 206 valence electrons. The van der Waals surface area contributed by atoms with Crippen LogP contribution in [0.5, 0.6) is 0 Å². The van der Waals surface area contributed by atoms with Gasteiger partial charge < -0.3 is 15.2 Å². The molecule has 1 atom stereocenters. The molecule has 0 aliphatic heterocycles. The third kappa shape index (κ3) is 5.94. The lowest BCUT2D eigenvalue weighted by molar-refractivity contribution is -0.151. The van der Waals surface area contributed by atoms with Crippen molar-refractivity contribution < 1.29 is 29.0 Å². The van der Waals surface area contributed by atoms with Crippen LogP contribution >= 0.6 is 0 Å². The molecule has 1 unspecified atom stereocenters. The zero-order valence-corrected chi connectivity index (χ0v) is 21.8. The number of nitrogens with one attached hydrogen (secondary N) is 3. The Hall–Kier alpha value is -5.44. The highest BCUT2D eigenvalue weighted by Gasteiger charge is 2.34. The highest BCUT2D eigenvalue weighted by Crippen LogP contribution is 2.44. The number of hydrazine groups is 1. The SMILES string of the molecule is O=C(NNC(=O)C(NC(=O)C(=O)O)C(c1ccccc1)c1ccccc1)OCC1c2ccccc2-c2ccccc21. The van der Waals surface area contributed by atoms with E-state index in [9.17, 15) is 24.3 Å². The fourth-order valence-corrected chi connectivity index (χ4v) is 5.23.